The van der Waals surface area contributed by atoms with Gasteiger partial charge < -0.3 is 5.11 Å². The Hall–Kier alpha value is -3.36. The maximum absolute atomic E-state index is 13.1. The summed E-state index contributed by atoms with van der Waals surface area (Å²) >= 11 is 6.13. The van der Waals surface area contributed by atoms with Crippen LogP contribution in [0.25, 0.3) is 0 Å². The Balaban J connectivity index is 2.22. The van der Waals surface area contributed by atoms with E-state index in [0.29, 0.717) is 0 Å². The van der Waals surface area contributed by atoms with E-state index in [1.807, 2.05) is 37.3 Å². The Labute approximate surface area is 167 Å². The first-order valence-corrected chi connectivity index (χ1v) is 8.94. The molecule has 0 bridgehead atoms. The Bertz CT molecular complexity index is 1170. The van der Waals surface area contributed by atoms with Gasteiger partial charge >= 0.3 is 0 Å². The summed E-state index contributed by atoms with van der Waals surface area (Å²) in [4.78, 5) is 25.8. The van der Waals surface area contributed by atoms with Gasteiger partial charge in [0.25, 0.3) is 5.56 Å². The van der Waals surface area contributed by atoms with Crippen LogP contribution in [-0.4, -0.2) is 15.5 Å². The van der Waals surface area contributed by atoms with E-state index in [9.17, 15) is 20.0 Å². The molecular weight excluding hydrogens is 376 g/mol. The van der Waals surface area contributed by atoms with Gasteiger partial charge in [-0.2, -0.15) is 5.26 Å². The van der Waals surface area contributed by atoms with Gasteiger partial charge in [-0.3, -0.25) is 14.2 Å². The van der Waals surface area contributed by atoms with Crippen molar-refractivity contribution < 1.29 is 9.90 Å². The fraction of sp³-hybridized carbons (Fsp3) is 0.136. The van der Waals surface area contributed by atoms with Crippen molar-refractivity contribution in [3.63, 3.8) is 0 Å². The van der Waals surface area contributed by atoms with Crippen LogP contribution in [0.3, 0.4) is 0 Å². The number of aryl methyl sites for hydroxylation is 1. The summed E-state index contributed by atoms with van der Waals surface area (Å²) in [6, 6.07) is 15.7. The molecule has 2 aromatic carbocycles. The monoisotopic (exact) mass is 392 g/mol. The Morgan fingerprint density at radius 1 is 1.14 bits per heavy atom. The van der Waals surface area contributed by atoms with Crippen molar-refractivity contribution in [2.75, 3.05) is 0 Å². The van der Waals surface area contributed by atoms with Crippen molar-refractivity contribution in [3.05, 3.63) is 97.3 Å². The van der Waals surface area contributed by atoms with E-state index in [1.54, 1.807) is 18.2 Å². The van der Waals surface area contributed by atoms with Crippen LogP contribution in [0.15, 0.2) is 53.3 Å². The van der Waals surface area contributed by atoms with E-state index in [4.69, 9.17) is 11.6 Å². The molecule has 0 unspecified atom stereocenters. The summed E-state index contributed by atoms with van der Waals surface area (Å²) in [7, 11) is 0. The van der Waals surface area contributed by atoms with Crippen LogP contribution < -0.4 is 5.56 Å². The Kier molecular flexibility index (Phi) is 5.34. The summed E-state index contributed by atoms with van der Waals surface area (Å²) < 4.78 is 1.04. The number of ketones is 1. The topological polar surface area (TPSA) is 83.1 Å². The number of nitrogens with zero attached hydrogens (tertiary/aromatic N) is 2. The standard InChI is InChI=1S/C22H17ClN2O3/c1-13-7-9-15(10-8-13)12-25-21(27)17(11-24)14(2)19(22(25)28)20(26)16-5-3-4-6-18(16)23/h3-10,28H,12H2,1-2H3. The molecule has 0 amide bonds. The highest BCUT2D eigenvalue weighted by Gasteiger charge is 2.26. The molecule has 5 nitrogen and oxygen atoms in total. The number of rotatable bonds is 4. The van der Waals surface area contributed by atoms with E-state index in [2.05, 4.69) is 0 Å². The second kappa shape index (κ2) is 7.71. The first-order chi connectivity index (χ1) is 13.3. The van der Waals surface area contributed by atoms with E-state index in [0.717, 1.165) is 15.7 Å². The molecule has 1 N–H and O–H groups in total. The molecule has 0 aliphatic heterocycles. The molecule has 1 aromatic heterocycles. The lowest BCUT2D eigenvalue weighted by atomic mass is 9.97. The molecular formula is C22H17ClN2O3. The Morgan fingerprint density at radius 3 is 2.39 bits per heavy atom. The number of halogens is 1. The van der Waals surface area contributed by atoms with Crippen LogP contribution in [0.5, 0.6) is 5.88 Å². The smallest absolute Gasteiger partial charge is 0.271 e. The van der Waals surface area contributed by atoms with Crippen LogP contribution in [-0.2, 0) is 6.54 Å². The minimum atomic E-state index is -0.645. The van der Waals surface area contributed by atoms with E-state index < -0.39 is 17.2 Å². The maximum atomic E-state index is 13.1. The number of nitriles is 1. The van der Waals surface area contributed by atoms with Gasteiger partial charge in [0.05, 0.1) is 17.1 Å². The van der Waals surface area contributed by atoms with Gasteiger partial charge in [0.15, 0.2) is 5.78 Å². The molecule has 0 aliphatic rings. The van der Waals surface area contributed by atoms with E-state index >= 15 is 0 Å². The minimum Gasteiger partial charge on any atom is -0.494 e. The average Bonchev–Trinajstić information content (AvgIpc) is 2.67. The zero-order chi connectivity index (χ0) is 20.4. The van der Waals surface area contributed by atoms with Gasteiger partial charge in [-0.25, -0.2) is 0 Å². The highest BCUT2D eigenvalue weighted by Crippen LogP contribution is 2.28. The molecule has 0 fully saturated rings. The number of hydrogen-bond donors (Lipinski definition) is 1. The molecule has 6 heteroatoms. The molecule has 0 saturated heterocycles. The highest BCUT2D eigenvalue weighted by molar-refractivity contribution is 6.35. The maximum Gasteiger partial charge on any atom is 0.271 e. The SMILES string of the molecule is Cc1ccc(Cn2c(O)c(C(=O)c3ccccc3Cl)c(C)c(C#N)c2=O)cc1. The molecule has 1 heterocycles. The predicted molar refractivity (Wildman–Crippen MR) is 107 cm³/mol. The predicted octanol–water partition coefficient (Wildman–Crippen LogP) is 3.98. The zero-order valence-electron chi connectivity index (χ0n) is 15.4. The van der Waals surface area contributed by atoms with Gasteiger partial charge in [0.1, 0.15) is 11.6 Å². The van der Waals surface area contributed by atoms with E-state index in [1.165, 1.54) is 13.0 Å². The first kappa shape index (κ1) is 19.4. The normalized spacial score (nSPS) is 10.5. The van der Waals surface area contributed by atoms with Crippen LogP contribution >= 0.6 is 11.6 Å². The summed E-state index contributed by atoms with van der Waals surface area (Å²) in [6.45, 7) is 3.44. The third kappa shape index (κ3) is 3.42. The lowest BCUT2D eigenvalue weighted by Gasteiger charge is -2.16. The molecule has 0 atom stereocenters. The molecule has 0 spiro atoms. The third-order valence-electron chi connectivity index (χ3n) is 4.61. The third-order valence-corrected chi connectivity index (χ3v) is 4.94. The van der Waals surface area contributed by atoms with E-state index in [-0.39, 0.29) is 33.8 Å². The number of carbonyl (C=O) groups is 1. The largest absolute Gasteiger partial charge is 0.494 e. The molecule has 28 heavy (non-hydrogen) atoms. The van der Waals surface area contributed by atoms with Crippen LogP contribution in [0.2, 0.25) is 5.02 Å². The van der Waals surface area contributed by atoms with Gasteiger partial charge in [-0.15, -0.1) is 0 Å². The summed E-state index contributed by atoms with van der Waals surface area (Å²) in [5, 5.41) is 20.5. The van der Waals surface area contributed by atoms with Crippen molar-refractivity contribution in [3.8, 4) is 11.9 Å². The number of carbonyl (C=O) groups excluding carboxylic acids is 1. The molecule has 140 valence electrons. The average molecular weight is 393 g/mol. The Morgan fingerprint density at radius 2 is 1.79 bits per heavy atom. The number of aromatic nitrogens is 1. The molecule has 0 radical (unpaired) electrons. The summed E-state index contributed by atoms with van der Waals surface area (Å²) in [5.41, 5.74) is 1.20. The summed E-state index contributed by atoms with van der Waals surface area (Å²) in [6.07, 6.45) is 0. The van der Waals surface area contributed by atoms with Crippen LogP contribution in [0.1, 0.15) is 38.2 Å². The summed E-state index contributed by atoms with van der Waals surface area (Å²) in [5.74, 6) is -1.03. The van der Waals surface area contributed by atoms with Gasteiger partial charge in [-0.05, 0) is 37.1 Å². The first-order valence-electron chi connectivity index (χ1n) is 8.56. The second-order valence-electron chi connectivity index (χ2n) is 6.50. The fourth-order valence-corrected chi connectivity index (χ4v) is 3.25. The minimum absolute atomic E-state index is 0.0305. The number of hydrogen-bond acceptors (Lipinski definition) is 4. The van der Waals surface area contributed by atoms with Crippen molar-refractivity contribution in [2.24, 2.45) is 0 Å². The quantitative estimate of drug-likeness (QED) is 0.681. The molecule has 0 aliphatic carbocycles. The van der Waals surface area contributed by atoms with Gasteiger partial charge in [0.2, 0.25) is 5.88 Å². The van der Waals surface area contributed by atoms with Crippen molar-refractivity contribution in [1.82, 2.24) is 4.57 Å². The van der Waals surface area contributed by atoms with Crippen molar-refractivity contribution in [1.29, 1.82) is 5.26 Å². The number of pyridine rings is 1. The van der Waals surface area contributed by atoms with Gasteiger partial charge in [-0.1, -0.05) is 53.6 Å². The number of benzene rings is 2. The lowest BCUT2D eigenvalue weighted by Crippen LogP contribution is -2.27. The van der Waals surface area contributed by atoms with Gasteiger partial charge in [0, 0.05) is 5.56 Å². The lowest BCUT2D eigenvalue weighted by molar-refractivity contribution is 0.103. The van der Waals surface area contributed by atoms with Crippen LogP contribution in [0, 0.1) is 25.2 Å². The highest BCUT2D eigenvalue weighted by atomic mass is 35.5. The van der Waals surface area contributed by atoms with Crippen LogP contribution in [0.4, 0.5) is 0 Å². The number of aromatic hydroxyl groups is 1. The second-order valence-corrected chi connectivity index (χ2v) is 6.90. The fourth-order valence-electron chi connectivity index (χ4n) is 3.03. The molecule has 3 rings (SSSR count). The molecule has 3 aromatic rings. The molecule has 0 saturated carbocycles. The van der Waals surface area contributed by atoms with Crippen molar-refractivity contribution >= 4 is 17.4 Å². The van der Waals surface area contributed by atoms with Crippen molar-refractivity contribution in [2.45, 2.75) is 20.4 Å². The zero-order valence-corrected chi connectivity index (χ0v) is 16.1.